The number of benzene rings is 1. The molecule has 0 unspecified atom stereocenters. The van der Waals surface area contributed by atoms with E-state index >= 15 is 0 Å². The number of alkyl halides is 5. The Balaban J connectivity index is 3.23. The predicted molar refractivity (Wildman–Crippen MR) is 73.2 cm³/mol. The van der Waals surface area contributed by atoms with Gasteiger partial charge >= 0.3 is 24.2 Å². The molecule has 0 saturated carbocycles. The number of aromatic carboxylic acids is 1. The highest BCUT2D eigenvalue weighted by molar-refractivity contribution is 5.99. The predicted octanol–water partition coefficient (Wildman–Crippen LogP) is 4.39. The molecule has 0 aliphatic rings. The Morgan fingerprint density at radius 1 is 1.08 bits per heavy atom. The topological polar surface area (TPSA) is 75.6 Å². The van der Waals surface area contributed by atoms with Gasteiger partial charge in [-0.25, -0.2) is 9.59 Å². The standard InChI is InChI=1S/C14H14F5NO4/c1-12(2,3)24-11(23)20-9-5-4-7(6-8(9)10(21)22)13(15,16)14(17,18)19/h4-6H,1-3H3,(H,20,23)(H,21,22). The largest absolute Gasteiger partial charge is 0.478 e. The van der Waals surface area contributed by atoms with Crippen LogP contribution < -0.4 is 5.32 Å². The summed E-state index contributed by atoms with van der Waals surface area (Å²) in [4.78, 5) is 22.7. The molecular formula is C14H14F5NO4. The van der Waals surface area contributed by atoms with Crippen LogP contribution in [0.4, 0.5) is 32.4 Å². The van der Waals surface area contributed by atoms with Gasteiger partial charge in [0, 0.05) is 5.56 Å². The Bertz CT molecular complexity index is 650. The number of hydrogen-bond donors (Lipinski definition) is 2. The van der Waals surface area contributed by atoms with E-state index in [-0.39, 0.29) is 6.07 Å². The van der Waals surface area contributed by atoms with Crippen molar-refractivity contribution in [1.82, 2.24) is 0 Å². The fourth-order valence-electron chi connectivity index (χ4n) is 1.60. The molecule has 5 nitrogen and oxygen atoms in total. The van der Waals surface area contributed by atoms with Gasteiger partial charge in [0.05, 0.1) is 11.3 Å². The molecule has 134 valence electrons. The number of rotatable bonds is 3. The van der Waals surface area contributed by atoms with Crippen molar-refractivity contribution in [1.29, 1.82) is 0 Å². The first-order chi connectivity index (χ1) is 10.6. The molecule has 0 atom stereocenters. The van der Waals surface area contributed by atoms with E-state index in [1.165, 1.54) is 20.8 Å². The molecule has 0 spiro atoms. The number of amides is 1. The monoisotopic (exact) mass is 355 g/mol. The minimum absolute atomic E-state index is 0.155. The van der Waals surface area contributed by atoms with Crippen molar-refractivity contribution in [3.8, 4) is 0 Å². The second kappa shape index (κ2) is 6.25. The van der Waals surface area contributed by atoms with Crippen LogP contribution in [0.5, 0.6) is 0 Å². The van der Waals surface area contributed by atoms with Crippen molar-refractivity contribution < 1.29 is 41.4 Å². The van der Waals surface area contributed by atoms with Gasteiger partial charge in [0.2, 0.25) is 0 Å². The Labute approximate surface area is 133 Å². The number of ether oxygens (including phenoxy) is 1. The van der Waals surface area contributed by atoms with E-state index in [4.69, 9.17) is 9.84 Å². The molecule has 1 aromatic carbocycles. The van der Waals surface area contributed by atoms with Gasteiger partial charge in [-0.1, -0.05) is 6.07 Å². The fourth-order valence-corrected chi connectivity index (χ4v) is 1.60. The summed E-state index contributed by atoms with van der Waals surface area (Å²) in [6.07, 6.45) is -6.97. The molecule has 0 fully saturated rings. The van der Waals surface area contributed by atoms with E-state index in [9.17, 15) is 31.5 Å². The van der Waals surface area contributed by atoms with Crippen molar-refractivity contribution in [2.24, 2.45) is 0 Å². The van der Waals surface area contributed by atoms with Crippen molar-refractivity contribution in [3.05, 3.63) is 29.3 Å². The normalized spacial score (nSPS) is 12.7. The molecular weight excluding hydrogens is 341 g/mol. The smallest absolute Gasteiger partial charge is 0.458 e. The van der Waals surface area contributed by atoms with Gasteiger partial charge in [-0.15, -0.1) is 0 Å². The highest BCUT2D eigenvalue weighted by Crippen LogP contribution is 2.44. The summed E-state index contributed by atoms with van der Waals surface area (Å²) >= 11 is 0. The van der Waals surface area contributed by atoms with Crippen LogP contribution in [-0.4, -0.2) is 28.9 Å². The first kappa shape index (κ1) is 19.7. The second-order valence-corrected chi connectivity index (χ2v) is 5.76. The highest BCUT2D eigenvalue weighted by atomic mass is 19.4. The lowest BCUT2D eigenvalue weighted by Crippen LogP contribution is -2.34. The van der Waals surface area contributed by atoms with Crippen molar-refractivity contribution in [2.75, 3.05) is 5.32 Å². The summed E-state index contributed by atoms with van der Waals surface area (Å²) in [6.45, 7) is 4.58. The quantitative estimate of drug-likeness (QED) is 0.789. The SMILES string of the molecule is CC(C)(C)OC(=O)Nc1ccc(C(F)(F)C(F)(F)F)cc1C(=O)O. The molecule has 10 heteroatoms. The van der Waals surface area contributed by atoms with Gasteiger partial charge in [-0.2, -0.15) is 22.0 Å². The fraction of sp³-hybridized carbons (Fsp3) is 0.429. The second-order valence-electron chi connectivity index (χ2n) is 5.76. The summed E-state index contributed by atoms with van der Waals surface area (Å²) in [7, 11) is 0. The number of nitrogens with one attached hydrogen (secondary N) is 1. The maximum absolute atomic E-state index is 13.3. The third kappa shape index (κ3) is 4.56. The number of halogens is 5. The third-order valence-corrected chi connectivity index (χ3v) is 2.60. The molecule has 1 aromatic rings. The molecule has 0 aromatic heterocycles. The van der Waals surface area contributed by atoms with E-state index in [1.807, 2.05) is 5.32 Å². The lowest BCUT2D eigenvalue weighted by molar-refractivity contribution is -0.289. The zero-order valence-electron chi connectivity index (χ0n) is 12.8. The lowest BCUT2D eigenvalue weighted by atomic mass is 10.0. The van der Waals surface area contributed by atoms with Crippen molar-refractivity contribution in [3.63, 3.8) is 0 Å². The minimum atomic E-state index is -5.89. The zero-order chi connectivity index (χ0) is 18.9. The summed E-state index contributed by atoms with van der Waals surface area (Å²) < 4.78 is 68.5. The molecule has 1 rings (SSSR count). The van der Waals surface area contributed by atoms with E-state index < -0.39 is 46.6 Å². The van der Waals surface area contributed by atoms with E-state index in [2.05, 4.69) is 0 Å². The average Bonchev–Trinajstić information content (AvgIpc) is 2.34. The summed E-state index contributed by atoms with van der Waals surface area (Å²) in [6, 6.07) is 1.18. The Morgan fingerprint density at radius 3 is 2.04 bits per heavy atom. The van der Waals surface area contributed by atoms with Crippen LogP contribution in [0, 0.1) is 0 Å². The van der Waals surface area contributed by atoms with Crippen LogP contribution in [0.1, 0.15) is 36.7 Å². The van der Waals surface area contributed by atoms with Crippen LogP contribution in [0.2, 0.25) is 0 Å². The number of carbonyl (C=O) groups is 2. The molecule has 0 aliphatic heterocycles. The maximum Gasteiger partial charge on any atom is 0.458 e. The molecule has 0 aliphatic carbocycles. The maximum atomic E-state index is 13.3. The molecule has 0 radical (unpaired) electrons. The summed E-state index contributed by atoms with van der Waals surface area (Å²) in [5.74, 6) is -7.03. The van der Waals surface area contributed by atoms with Gasteiger partial charge < -0.3 is 9.84 Å². The van der Waals surface area contributed by atoms with Gasteiger partial charge in [0.25, 0.3) is 0 Å². The van der Waals surface area contributed by atoms with Gasteiger partial charge in [0.1, 0.15) is 5.60 Å². The third-order valence-electron chi connectivity index (χ3n) is 2.60. The van der Waals surface area contributed by atoms with Gasteiger partial charge in [0.15, 0.2) is 0 Å². The number of anilines is 1. The Kier molecular flexibility index (Phi) is 5.12. The molecule has 1 amide bonds. The van der Waals surface area contributed by atoms with E-state index in [0.29, 0.717) is 12.1 Å². The van der Waals surface area contributed by atoms with Crippen LogP contribution in [0.3, 0.4) is 0 Å². The van der Waals surface area contributed by atoms with Gasteiger partial charge in [-0.3, -0.25) is 5.32 Å². The summed E-state index contributed by atoms with van der Waals surface area (Å²) in [5, 5.41) is 11.0. The molecule has 0 saturated heterocycles. The minimum Gasteiger partial charge on any atom is -0.478 e. The van der Waals surface area contributed by atoms with Crippen molar-refractivity contribution in [2.45, 2.75) is 38.5 Å². The molecule has 24 heavy (non-hydrogen) atoms. The van der Waals surface area contributed by atoms with Crippen LogP contribution >= 0.6 is 0 Å². The molecule has 0 heterocycles. The lowest BCUT2D eigenvalue weighted by Gasteiger charge is -2.22. The first-order valence-electron chi connectivity index (χ1n) is 6.47. The Hall–Kier alpha value is -2.39. The van der Waals surface area contributed by atoms with Crippen molar-refractivity contribution >= 4 is 17.7 Å². The summed E-state index contributed by atoms with van der Waals surface area (Å²) in [5.41, 5.74) is -3.88. The number of carbonyl (C=O) groups excluding carboxylic acids is 1. The highest BCUT2D eigenvalue weighted by Gasteiger charge is 2.58. The van der Waals surface area contributed by atoms with Crippen LogP contribution in [0.25, 0.3) is 0 Å². The number of hydrogen-bond acceptors (Lipinski definition) is 3. The Morgan fingerprint density at radius 2 is 1.62 bits per heavy atom. The molecule has 2 N–H and O–H groups in total. The molecule has 0 bridgehead atoms. The van der Waals surface area contributed by atoms with E-state index in [0.717, 1.165) is 0 Å². The number of carboxylic acid groups (broad SMARTS) is 1. The average molecular weight is 355 g/mol. The van der Waals surface area contributed by atoms with Gasteiger partial charge in [-0.05, 0) is 32.9 Å². The van der Waals surface area contributed by atoms with E-state index in [1.54, 1.807) is 0 Å². The van der Waals surface area contributed by atoms with Crippen LogP contribution in [0.15, 0.2) is 18.2 Å². The zero-order valence-corrected chi connectivity index (χ0v) is 12.8. The number of carboxylic acids is 1. The first-order valence-corrected chi connectivity index (χ1v) is 6.47. The van der Waals surface area contributed by atoms with Crippen LogP contribution in [-0.2, 0) is 10.7 Å².